The van der Waals surface area contributed by atoms with E-state index in [0.29, 0.717) is 16.6 Å². The molecule has 0 spiro atoms. The van der Waals surface area contributed by atoms with Gasteiger partial charge in [-0.2, -0.15) is 0 Å². The lowest BCUT2D eigenvalue weighted by atomic mass is 9.73. The average molecular weight is 433 g/mol. The van der Waals surface area contributed by atoms with E-state index >= 15 is 0 Å². The van der Waals surface area contributed by atoms with Crippen molar-refractivity contribution in [2.45, 2.75) is 56.5 Å². The predicted molar refractivity (Wildman–Crippen MR) is 117 cm³/mol. The number of likely N-dealkylation sites (tertiary alicyclic amines) is 1. The predicted octanol–water partition coefficient (Wildman–Crippen LogP) is 4.70. The second-order valence-electron chi connectivity index (χ2n) is 9.19. The molecule has 0 bridgehead atoms. The van der Waals surface area contributed by atoms with Crippen molar-refractivity contribution >= 4 is 17.3 Å². The van der Waals surface area contributed by atoms with E-state index < -0.39 is 0 Å². The van der Waals surface area contributed by atoms with Gasteiger partial charge in [0.1, 0.15) is 5.82 Å². The number of benzene rings is 1. The molecule has 2 N–H and O–H groups in total. The van der Waals surface area contributed by atoms with Crippen molar-refractivity contribution in [1.82, 2.24) is 4.90 Å². The quantitative estimate of drug-likeness (QED) is 0.726. The number of ether oxygens (including phenoxy) is 1. The number of nitrogens with one attached hydrogen (secondary N) is 1. The molecule has 2 fully saturated rings. The van der Waals surface area contributed by atoms with E-state index in [2.05, 4.69) is 34.5 Å². The van der Waals surface area contributed by atoms with Gasteiger partial charge in [0.2, 0.25) is 0 Å². The van der Waals surface area contributed by atoms with Gasteiger partial charge in [0.05, 0.1) is 24.0 Å². The van der Waals surface area contributed by atoms with Crippen LogP contribution in [0.15, 0.2) is 36.4 Å². The van der Waals surface area contributed by atoms with Gasteiger partial charge in [-0.05, 0) is 44.2 Å². The van der Waals surface area contributed by atoms with Crippen LogP contribution >= 0.6 is 11.6 Å². The summed E-state index contributed by atoms with van der Waals surface area (Å²) in [5.41, 5.74) is 1.41. The molecule has 162 valence electrons. The largest absolute Gasteiger partial charge is 0.393 e. The summed E-state index contributed by atoms with van der Waals surface area (Å²) in [5, 5.41) is 13.7. The molecule has 0 aromatic heterocycles. The second kappa shape index (κ2) is 8.62. The van der Waals surface area contributed by atoms with Crippen LogP contribution in [0, 0.1) is 17.7 Å². The highest BCUT2D eigenvalue weighted by molar-refractivity contribution is 6.30. The number of rotatable bonds is 3. The van der Waals surface area contributed by atoms with Gasteiger partial charge in [0.15, 0.2) is 0 Å². The molecule has 1 aromatic carbocycles. The summed E-state index contributed by atoms with van der Waals surface area (Å²) >= 11 is 6.23. The van der Waals surface area contributed by atoms with Crippen LogP contribution in [-0.2, 0) is 4.74 Å². The Bertz CT molecular complexity index is 837. The summed E-state index contributed by atoms with van der Waals surface area (Å²) < 4.78 is 21.5. The number of nitrogens with zero attached hydrogens (tertiary/aromatic N) is 1. The number of aliphatic hydroxyl groups excluding tert-OH is 1. The Balaban J connectivity index is 1.39. The standard InChI is InChI=1S/C24H30ClFN2O2/c25-16-12-20-23(21(26)13-16)27-22(15-4-2-1-3-5-15)19-7-6-18(30-24(19)20)14-28-10-8-17(29)9-11-28/h1-4,12-13,15,17-19,22,24,27,29H,5-11,14H2/t15?,18-,19+,22+,24+/m1/s1. The van der Waals surface area contributed by atoms with Crippen LogP contribution in [0.3, 0.4) is 0 Å². The molecule has 6 heteroatoms. The van der Waals surface area contributed by atoms with E-state index in [1.807, 2.05) is 6.07 Å². The van der Waals surface area contributed by atoms with Crippen molar-refractivity contribution in [3.8, 4) is 0 Å². The third-order valence-electron chi connectivity index (χ3n) is 7.21. The summed E-state index contributed by atoms with van der Waals surface area (Å²) in [7, 11) is 0. The summed E-state index contributed by atoms with van der Waals surface area (Å²) in [6.45, 7) is 2.70. The van der Waals surface area contributed by atoms with Crippen molar-refractivity contribution in [2.24, 2.45) is 11.8 Å². The van der Waals surface area contributed by atoms with Crippen molar-refractivity contribution in [2.75, 3.05) is 25.0 Å². The maximum absolute atomic E-state index is 14.9. The molecule has 0 radical (unpaired) electrons. The van der Waals surface area contributed by atoms with Crippen LogP contribution in [0.25, 0.3) is 0 Å². The van der Waals surface area contributed by atoms with Gasteiger partial charge >= 0.3 is 0 Å². The van der Waals surface area contributed by atoms with Gasteiger partial charge in [0.25, 0.3) is 0 Å². The molecule has 0 amide bonds. The first-order valence-corrected chi connectivity index (χ1v) is 11.6. The first kappa shape index (κ1) is 20.5. The molecule has 2 saturated heterocycles. The van der Waals surface area contributed by atoms with Crippen LogP contribution in [-0.4, -0.2) is 47.9 Å². The van der Waals surface area contributed by atoms with Gasteiger partial charge < -0.3 is 20.1 Å². The van der Waals surface area contributed by atoms with Crippen LogP contribution in [0.4, 0.5) is 10.1 Å². The molecular weight excluding hydrogens is 403 g/mol. The summed E-state index contributed by atoms with van der Waals surface area (Å²) in [6.07, 6.45) is 13.1. The summed E-state index contributed by atoms with van der Waals surface area (Å²) in [4.78, 5) is 2.39. The normalized spacial score (nSPS) is 34.3. The maximum atomic E-state index is 14.9. The molecule has 5 rings (SSSR count). The first-order chi connectivity index (χ1) is 14.6. The Hall–Kier alpha value is -1.40. The molecule has 1 aliphatic carbocycles. The minimum atomic E-state index is -0.299. The van der Waals surface area contributed by atoms with Crippen molar-refractivity contribution in [1.29, 1.82) is 0 Å². The Morgan fingerprint density at radius 3 is 2.77 bits per heavy atom. The molecule has 4 aliphatic rings. The number of halogens is 2. The minimum absolute atomic E-state index is 0.122. The second-order valence-corrected chi connectivity index (χ2v) is 9.62. The smallest absolute Gasteiger partial charge is 0.148 e. The molecule has 3 aliphatic heterocycles. The Morgan fingerprint density at radius 2 is 2.00 bits per heavy atom. The molecule has 4 nitrogen and oxygen atoms in total. The average Bonchev–Trinajstić information content (AvgIpc) is 2.75. The van der Waals surface area contributed by atoms with E-state index in [-0.39, 0.29) is 36.1 Å². The number of aliphatic hydroxyl groups is 1. The molecular formula is C24H30ClFN2O2. The number of allylic oxidation sites excluding steroid dienone is 3. The molecule has 3 heterocycles. The van der Waals surface area contributed by atoms with E-state index in [1.165, 1.54) is 6.07 Å². The Kier molecular flexibility index (Phi) is 5.89. The zero-order valence-corrected chi connectivity index (χ0v) is 17.9. The molecule has 1 unspecified atom stereocenters. The number of fused-ring (bicyclic) bond motifs is 3. The van der Waals surface area contributed by atoms with E-state index in [4.69, 9.17) is 16.3 Å². The van der Waals surface area contributed by atoms with Crippen LogP contribution in [0.2, 0.25) is 5.02 Å². The van der Waals surface area contributed by atoms with Crippen molar-refractivity contribution < 1.29 is 14.2 Å². The van der Waals surface area contributed by atoms with Gasteiger partial charge in [-0.25, -0.2) is 4.39 Å². The molecule has 30 heavy (non-hydrogen) atoms. The number of anilines is 1. The Morgan fingerprint density at radius 1 is 1.17 bits per heavy atom. The topological polar surface area (TPSA) is 44.7 Å². The van der Waals surface area contributed by atoms with Gasteiger partial charge in [-0.15, -0.1) is 0 Å². The summed E-state index contributed by atoms with van der Waals surface area (Å²) in [6, 6.07) is 3.41. The highest BCUT2D eigenvalue weighted by Gasteiger charge is 2.45. The van der Waals surface area contributed by atoms with Crippen LogP contribution in [0.1, 0.15) is 43.8 Å². The highest BCUT2D eigenvalue weighted by Crippen LogP contribution is 2.49. The van der Waals surface area contributed by atoms with Gasteiger partial charge in [-0.1, -0.05) is 35.9 Å². The third-order valence-corrected chi connectivity index (χ3v) is 7.43. The molecule has 0 saturated carbocycles. The monoisotopic (exact) mass is 432 g/mol. The number of hydrogen-bond donors (Lipinski definition) is 2. The van der Waals surface area contributed by atoms with Crippen molar-refractivity contribution in [3.63, 3.8) is 0 Å². The Labute approximate surface area is 182 Å². The van der Waals surface area contributed by atoms with Crippen molar-refractivity contribution in [3.05, 3.63) is 52.8 Å². The lowest BCUT2D eigenvalue weighted by Crippen LogP contribution is -2.49. The van der Waals surface area contributed by atoms with E-state index in [0.717, 1.165) is 57.3 Å². The minimum Gasteiger partial charge on any atom is -0.393 e. The zero-order valence-electron chi connectivity index (χ0n) is 17.1. The lowest BCUT2D eigenvalue weighted by Gasteiger charge is -2.48. The van der Waals surface area contributed by atoms with E-state index in [1.54, 1.807) is 0 Å². The summed E-state index contributed by atoms with van der Waals surface area (Å²) in [5.74, 6) is 0.317. The fourth-order valence-corrected chi connectivity index (χ4v) is 5.85. The number of piperidine rings is 1. The SMILES string of the molecule is OC1CCN(C[C@H]2CC[C@@H]3[C@H](O2)c2cc(Cl)cc(F)c2N[C@H]3C2C=CC=CC2)CC1. The first-order valence-electron chi connectivity index (χ1n) is 11.2. The van der Waals surface area contributed by atoms with Gasteiger partial charge in [-0.3, -0.25) is 0 Å². The molecule has 5 atom stereocenters. The maximum Gasteiger partial charge on any atom is 0.148 e. The van der Waals surface area contributed by atoms with Crippen LogP contribution in [0.5, 0.6) is 0 Å². The number of hydrogen-bond acceptors (Lipinski definition) is 4. The highest BCUT2D eigenvalue weighted by atomic mass is 35.5. The fraction of sp³-hybridized carbons (Fsp3) is 0.583. The lowest BCUT2D eigenvalue weighted by molar-refractivity contribution is -0.107. The zero-order chi connectivity index (χ0) is 20.7. The van der Waals surface area contributed by atoms with Gasteiger partial charge in [0, 0.05) is 48.1 Å². The fourth-order valence-electron chi connectivity index (χ4n) is 5.64. The molecule has 1 aromatic rings. The van der Waals surface area contributed by atoms with Crippen LogP contribution < -0.4 is 5.32 Å². The third kappa shape index (κ3) is 4.05. The van der Waals surface area contributed by atoms with E-state index in [9.17, 15) is 9.50 Å².